The van der Waals surface area contributed by atoms with Crippen LogP contribution >= 0.6 is 11.3 Å². The van der Waals surface area contributed by atoms with Crippen LogP contribution in [0, 0.1) is 6.92 Å². The predicted octanol–water partition coefficient (Wildman–Crippen LogP) is 1.37. The number of rotatable bonds is 4. The molecule has 9 heteroatoms. The van der Waals surface area contributed by atoms with Crippen LogP contribution in [0.1, 0.15) is 15.2 Å². The lowest BCUT2D eigenvalue weighted by Crippen LogP contribution is -2.17. The Balaban J connectivity index is 2.46. The molecule has 0 spiro atoms. The summed E-state index contributed by atoms with van der Waals surface area (Å²) >= 11 is 1.03. The number of thiophene rings is 1. The largest absolute Gasteiger partial charge is 0.465 e. The molecule has 2 aromatic rings. The van der Waals surface area contributed by atoms with Gasteiger partial charge in [-0.3, -0.25) is 9.82 Å². The molecule has 2 aromatic heterocycles. The number of nitrogens with one attached hydrogen (secondary N) is 2. The molecule has 19 heavy (non-hydrogen) atoms. The number of esters is 1. The zero-order valence-electron chi connectivity index (χ0n) is 10.1. The molecule has 0 aliphatic carbocycles. The lowest BCUT2D eigenvalue weighted by Gasteiger charge is -2.07. The fraction of sp³-hybridized carbons (Fsp3) is 0.200. The van der Waals surface area contributed by atoms with Gasteiger partial charge in [0.25, 0.3) is 10.0 Å². The highest BCUT2D eigenvalue weighted by molar-refractivity contribution is 7.93. The van der Waals surface area contributed by atoms with Crippen LogP contribution in [-0.4, -0.2) is 31.7 Å². The molecule has 0 atom stereocenters. The van der Waals surface area contributed by atoms with Crippen LogP contribution in [0.5, 0.6) is 0 Å². The molecular weight excluding hydrogens is 290 g/mol. The average molecular weight is 301 g/mol. The first-order chi connectivity index (χ1) is 8.95. The maximum Gasteiger partial charge on any atom is 0.349 e. The minimum atomic E-state index is -3.87. The number of nitrogens with zero attached hydrogens (tertiary/aromatic N) is 1. The van der Waals surface area contributed by atoms with Crippen LogP contribution in [0.15, 0.2) is 22.5 Å². The third-order valence-corrected chi connectivity index (χ3v) is 5.06. The van der Waals surface area contributed by atoms with Gasteiger partial charge in [-0.25, -0.2) is 13.2 Å². The van der Waals surface area contributed by atoms with E-state index in [1.165, 1.54) is 19.4 Å². The van der Waals surface area contributed by atoms with Gasteiger partial charge in [-0.1, -0.05) is 0 Å². The van der Waals surface area contributed by atoms with Gasteiger partial charge >= 0.3 is 5.97 Å². The Labute approximate surface area is 113 Å². The molecule has 0 unspecified atom stereocenters. The summed E-state index contributed by atoms with van der Waals surface area (Å²) in [5.74, 6) is -0.454. The Morgan fingerprint density at radius 3 is 2.84 bits per heavy atom. The molecule has 0 saturated carbocycles. The second kappa shape index (κ2) is 5.02. The first kappa shape index (κ1) is 13.6. The van der Waals surface area contributed by atoms with Crippen molar-refractivity contribution < 1.29 is 17.9 Å². The van der Waals surface area contributed by atoms with Gasteiger partial charge in [0.2, 0.25) is 0 Å². The molecule has 102 valence electrons. The van der Waals surface area contributed by atoms with Gasteiger partial charge in [0.15, 0.2) is 0 Å². The van der Waals surface area contributed by atoms with Crippen LogP contribution in [0.3, 0.4) is 0 Å². The van der Waals surface area contributed by atoms with Crippen LogP contribution in [0.25, 0.3) is 0 Å². The summed E-state index contributed by atoms with van der Waals surface area (Å²) < 4.78 is 31.4. The van der Waals surface area contributed by atoms with E-state index < -0.39 is 16.0 Å². The molecule has 7 nitrogen and oxygen atoms in total. The van der Waals surface area contributed by atoms with Crippen molar-refractivity contribution in [1.82, 2.24) is 10.2 Å². The highest BCUT2D eigenvalue weighted by Gasteiger charge is 2.27. The van der Waals surface area contributed by atoms with Crippen molar-refractivity contribution in [3.05, 3.63) is 28.1 Å². The van der Waals surface area contributed by atoms with Crippen molar-refractivity contribution in [1.29, 1.82) is 0 Å². The summed E-state index contributed by atoms with van der Waals surface area (Å²) in [6.07, 6.45) is 1.42. The molecule has 2 rings (SSSR count). The van der Waals surface area contributed by atoms with E-state index in [4.69, 9.17) is 0 Å². The molecule has 2 heterocycles. The SMILES string of the molecule is COC(=O)c1scc(C)c1S(=O)(=O)Nc1ccn[nH]1. The molecular formula is C10H11N3O4S2. The van der Waals surface area contributed by atoms with Gasteiger partial charge < -0.3 is 4.74 Å². The molecule has 0 aromatic carbocycles. The number of sulfonamides is 1. The van der Waals surface area contributed by atoms with Gasteiger partial charge in [-0.05, 0) is 17.9 Å². The topological polar surface area (TPSA) is 101 Å². The number of anilines is 1. The van der Waals surface area contributed by atoms with Gasteiger partial charge in [-0.2, -0.15) is 5.10 Å². The molecule has 0 bridgehead atoms. The fourth-order valence-corrected chi connectivity index (χ4v) is 4.23. The molecule has 0 amide bonds. The number of aromatic amines is 1. The summed E-state index contributed by atoms with van der Waals surface area (Å²) in [6, 6.07) is 1.47. The number of aromatic nitrogens is 2. The smallest absolute Gasteiger partial charge is 0.349 e. The minimum Gasteiger partial charge on any atom is -0.465 e. The molecule has 0 saturated heterocycles. The Hall–Kier alpha value is -1.87. The predicted molar refractivity (Wildman–Crippen MR) is 69.8 cm³/mol. The maximum absolute atomic E-state index is 12.3. The lowest BCUT2D eigenvalue weighted by molar-refractivity contribution is 0.0602. The highest BCUT2D eigenvalue weighted by Crippen LogP contribution is 2.28. The average Bonchev–Trinajstić information content (AvgIpc) is 2.97. The van der Waals surface area contributed by atoms with Gasteiger partial charge in [-0.15, -0.1) is 11.3 Å². The monoisotopic (exact) mass is 301 g/mol. The van der Waals surface area contributed by atoms with Crippen LogP contribution in [0.4, 0.5) is 5.82 Å². The number of H-pyrrole nitrogens is 1. The van der Waals surface area contributed by atoms with E-state index in [0.717, 1.165) is 11.3 Å². The first-order valence-electron chi connectivity index (χ1n) is 5.14. The number of hydrogen-bond acceptors (Lipinski definition) is 6. The molecule has 0 fully saturated rings. The summed E-state index contributed by atoms with van der Waals surface area (Å²) in [4.78, 5) is 11.6. The van der Waals surface area contributed by atoms with Crippen molar-refractivity contribution in [2.75, 3.05) is 11.8 Å². The van der Waals surface area contributed by atoms with E-state index >= 15 is 0 Å². The number of ether oxygens (including phenoxy) is 1. The number of carbonyl (C=O) groups excluding carboxylic acids is 1. The third kappa shape index (κ3) is 2.61. The second-order valence-corrected chi connectivity index (χ2v) is 6.14. The van der Waals surface area contributed by atoms with Crippen LogP contribution in [-0.2, 0) is 14.8 Å². The zero-order valence-corrected chi connectivity index (χ0v) is 11.8. The maximum atomic E-state index is 12.3. The van der Waals surface area contributed by atoms with Gasteiger partial charge in [0.1, 0.15) is 15.6 Å². The van der Waals surface area contributed by atoms with E-state index in [1.807, 2.05) is 0 Å². The van der Waals surface area contributed by atoms with Crippen LogP contribution < -0.4 is 4.72 Å². The number of hydrogen-bond donors (Lipinski definition) is 2. The van der Waals surface area contributed by atoms with Crippen LogP contribution in [0.2, 0.25) is 0 Å². The van der Waals surface area contributed by atoms with E-state index in [0.29, 0.717) is 5.56 Å². The summed E-state index contributed by atoms with van der Waals surface area (Å²) in [5.41, 5.74) is 0.484. The quantitative estimate of drug-likeness (QED) is 0.830. The molecule has 2 N–H and O–H groups in total. The lowest BCUT2D eigenvalue weighted by atomic mass is 10.3. The van der Waals surface area contributed by atoms with E-state index in [2.05, 4.69) is 19.7 Å². The van der Waals surface area contributed by atoms with Gasteiger partial charge in [0, 0.05) is 6.07 Å². The number of carbonyl (C=O) groups is 1. The second-order valence-electron chi connectivity index (χ2n) is 3.64. The molecule has 0 aliphatic heterocycles. The Bertz CT molecular complexity index is 688. The third-order valence-electron chi connectivity index (χ3n) is 2.30. The fourth-order valence-electron chi connectivity index (χ4n) is 1.51. The van der Waals surface area contributed by atoms with Gasteiger partial charge in [0.05, 0.1) is 13.3 Å². The Kier molecular flexibility index (Phi) is 3.58. The Morgan fingerprint density at radius 2 is 2.26 bits per heavy atom. The standard InChI is InChI=1S/C10H11N3O4S2/c1-6-5-18-8(10(14)17-2)9(6)19(15,16)13-7-3-4-11-12-7/h3-5H,1-2H3,(H2,11,12,13). The van der Waals surface area contributed by atoms with E-state index in [-0.39, 0.29) is 15.6 Å². The van der Waals surface area contributed by atoms with Crippen molar-refractivity contribution >= 4 is 33.1 Å². The molecule has 0 aliphatic rings. The zero-order chi connectivity index (χ0) is 14.0. The summed E-state index contributed by atoms with van der Waals surface area (Å²) in [6.45, 7) is 1.62. The Morgan fingerprint density at radius 1 is 1.53 bits per heavy atom. The van der Waals surface area contributed by atoms with E-state index in [1.54, 1.807) is 12.3 Å². The van der Waals surface area contributed by atoms with E-state index in [9.17, 15) is 13.2 Å². The van der Waals surface area contributed by atoms with Crippen molar-refractivity contribution in [3.8, 4) is 0 Å². The molecule has 0 radical (unpaired) electrons. The summed E-state index contributed by atoms with van der Waals surface area (Å²) in [7, 11) is -2.66. The summed E-state index contributed by atoms with van der Waals surface area (Å²) in [5, 5.41) is 7.72. The first-order valence-corrected chi connectivity index (χ1v) is 7.50. The number of methoxy groups -OCH3 is 1. The van der Waals surface area contributed by atoms with Crippen molar-refractivity contribution in [2.24, 2.45) is 0 Å². The minimum absolute atomic E-state index is 0.0482. The highest BCUT2D eigenvalue weighted by atomic mass is 32.2. The normalized spacial score (nSPS) is 11.3. The van der Waals surface area contributed by atoms with Crippen molar-refractivity contribution in [2.45, 2.75) is 11.8 Å². The van der Waals surface area contributed by atoms with Crippen molar-refractivity contribution in [3.63, 3.8) is 0 Å². The number of aryl methyl sites for hydroxylation is 1.